The van der Waals surface area contributed by atoms with Gasteiger partial charge < -0.3 is 54.5 Å². The van der Waals surface area contributed by atoms with Crippen LogP contribution in [0, 0.1) is 0 Å². The predicted octanol–water partition coefficient (Wildman–Crippen LogP) is 6.02. The molecule has 81 heavy (non-hydrogen) atoms. The van der Waals surface area contributed by atoms with Crippen molar-refractivity contribution in [2.75, 3.05) is 63.8 Å². The van der Waals surface area contributed by atoms with E-state index in [2.05, 4.69) is 46.7 Å². The number of carbonyl (C=O) groups excluding carboxylic acids is 8. The molecule has 5 unspecified atom stereocenters. The van der Waals surface area contributed by atoms with Crippen LogP contribution in [0.3, 0.4) is 0 Å². The van der Waals surface area contributed by atoms with Crippen LogP contribution in [0.1, 0.15) is 110 Å². The van der Waals surface area contributed by atoms with Crippen molar-refractivity contribution in [3.8, 4) is 23.0 Å². The molecule has 5 aliphatic rings. The van der Waals surface area contributed by atoms with Crippen LogP contribution in [-0.4, -0.2) is 157 Å². The highest BCUT2D eigenvalue weighted by atomic mass is 32.1. The molecule has 0 aliphatic carbocycles. The van der Waals surface area contributed by atoms with Crippen molar-refractivity contribution in [1.82, 2.24) is 25.3 Å². The van der Waals surface area contributed by atoms with E-state index in [-0.39, 0.29) is 105 Å². The number of imide groups is 1. The third-order valence-electron chi connectivity index (χ3n) is 14.6. The van der Waals surface area contributed by atoms with Crippen molar-refractivity contribution >= 4 is 83.3 Å². The monoisotopic (exact) mass is 1130 g/mol. The van der Waals surface area contributed by atoms with E-state index in [1.54, 1.807) is 47.5 Å². The minimum Gasteiger partial charge on any atom is -0.493 e. The molecule has 22 nitrogen and oxygen atoms in total. The number of nitrogens with zero attached hydrogens (tertiary/aromatic N) is 5. The van der Waals surface area contributed by atoms with Gasteiger partial charge in [-0.15, -0.1) is 0 Å². The number of thiol groups is 1. The average Bonchev–Trinajstić information content (AvgIpc) is 4.20. The Labute approximate surface area is 475 Å². The van der Waals surface area contributed by atoms with Crippen LogP contribution < -0.4 is 39.8 Å². The molecule has 23 heteroatoms. The van der Waals surface area contributed by atoms with Gasteiger partial charge in [-0.2, -0.15) is 12.6 Å². The Hall–Kier alpha value is -7.92. The Morgan fingerprint density at radius 3 is 2.12 bits per heavy atom. The molecule has 3 aromatic carbocycles. The van der Waals surface area contributed by atoms with Gasteiger partial charge in [-0.25, -0.2) is 9.69 Å². The Morgan fingerprint density at radius 1 is 0.790 bits per heavy atom. The van der Waals surface area contributed by atoms with E-state index in [1.165, 1.54) is 36.2 Å². The maximum Gasteiger partial charge on any atom is 0.416 e. The lowest BCUT2D eigenvalue weighted by atomic mass is 10.1. The molecule has 8 rings (SSSR count). The second-order valence-electron chi connectivity index (χ2n) is 20.6. The summed E-state index contributed by atoms with van der Waals surface area (Å²) < 4.78 is 29.4. The van der Waals surface area contributed by atoms with Crippen molar-refractivity contribution in [2.45, 2.75) is 120 Å². The molecule has 0 saturated carbocycles. The maximum atomic E-state index is 14.2. The fraction of sp³-hybridized carbons (Fsp3) is 0.466. The first-order chi connectivity index (χ1) is 39.0. The van der Waals surface area contributed by atoms with Gasteiger partial charge in [0.15, 0.2) is 29.2 Å². The van der Waals surface area contributed by atoms with Gasteiger partial charge in [-0.3, -0.25) is 43.5 Å². The molecule has 0 aromatic heterocycles. The number of likely N-dealkylation sites (tertiary alicyclic amines) is 1. The highest BCUT2D eigenvalue weighted by molar-refractivity contribution is 7.81. The molecule has 0 radical (unpaired) electrons. The van der Waals surface area contributed by atoms with Gasteiger partial charge in [-0.1, -0.05) is 56.2 Å². The zero-order valence-corrected chi connectivity index (χ0v) is 46.8. The largest absolute Gasteiger partial charge is 0.493 e. The summed E-state index contributed by atoms with van der Waals surface area (Å²) in [6, 6.07) is 11.0. The number of hydrogen-bond donors (Lipinski definition) is 5. The average molecular weight is 1140 g/mol. The maximum absolute atomic E-state index is 14.2. The molecule has 4 N–H and O–H groups in total. The van der Waals surface area contributed by atoms with Crippen LogP contribution in [-0.2, 0) is 35.3 Å². The van der Waals surface area contributed by atoms with Gasteiger partial charge in [-0.05, 0) is 81.2 Å². The Morgan fingerprint density at radius 2 is 1.44 bits per heavy atom. The number of ether oxygens (including phenoxy) is 5. The number of amides is 8. The number of nitrogens with one attached hydrogen (secondary N) is 3. The lowest BCUT2D eigenvalue weighted by Crippen LogP contribution is -2.50. The van der Waals surface area contributed by atoms with Crippen LogP contribution in [0.15, 0.2) is 77.8 Å². The number of aliphatic imine (C=N–C) groups is 1. The summed E-state index contributed by atoms with van der Waals surface area (Å²) >= 11 is 4.12. The third kappa shape index (κ3) is 14.2. The van der Waals surface area contributed by atoms with Gasteiger partial charge >= 0.3 is 6.09 Å². The first-order valence-electron chi connectivity index (χ1n) is 27.3. The molecule has 5 aliphatic heterocycles. The van der Waals surface area contributed by atoms with E-state index in [4.69, 9.17) is 23.7 Å². The Balaban J connectivity index is 0.823. The lowest BCUT2D eigenvalue weighted by Gasteiger charge is -2.31. The highest BCUT2D eigenvalue weighted by Crippen LogP contribution is 2.43. The molecule has 8 amide bonds. The SMILES string of the molecule is C=C1CC2C=Nc3cc(OCCCCCOc4cc5c(cc4OC)C(=O)N4CC(=C)CC4C(O)N5C(=O)OCc4ccc(NC(=O)C(CCC)NC(=O)CNC(=O)CCCCCN5C(=O)CC(S)C5=O)cc4)c(OC)cc3C(=O)N2C1. The zero-order chi connectivity index (χ0) is 57.9. The fourth-order valence-corrected chi connectivity index (χ4v) is 10.7. The Bertz CT molecular complexity index is 2970. The molecule has 5 atom stereocenters. The van der Waals surface area contributed by atoms with Crippen LogP contribution in [0.5, 0.6) is 23.0 Å². The summed E-state index contributed by atoms with van der Waals surface area (Å²) in [5, 5.41) is 19.3. The summed E-state index contributed by atoms with van der Waals surface area (Å²) in [7, 11) is 2.96. The van der Waals surface area contributed by atoms with Crippen molar-refractivity contribution in [3.63, 3.8) is 0 Å². The van der Waals surface area contributed by atoms with E-state index in [0.29, 0.717) is 111 Å². The van der Waals surface area contributed by atoms with Crippen LogP contribution in [0.4, 0.5) is 21.9 Å². The number of benzene rings is 3. The van der Waals surface area contributed by atoms with Gasteiger partial charge in [0.1, 0.15) is 12.6 Å². The van der Waals surface area contributed by atoms with E-state index in [0.717, 1.165) is 10.5 Å². The zero-order valence-electron chi connectivity index (χ0n) is 45.9. The van der Waals surface area contributed by atoms with E-state index < -0.39 is 47.4 Å². The number of carbonyl (C=O) groups is 8. The molecule has 3 fully saturated rings. The van der Waals surface area contributed by atoms with E-state index in [1.807, 2.05) is 6.92 Å². The number of hydrogen-bond acceptors (Lipinski definition) is 16. The second kappa shape index (κ2) is 27.0. The number of aliphatic hydroxyl groups excluding tert-OH is 1. The number of anilines is 2. The molecule has 432 valence electrons. The van der Waals surface area contributed by atoms with Crippen molar-refractivity contribution in [2.24, 2.45) is 4.99 Å². The minimum absolute atomic E-state index is 0.0646. The summed E-state index contributed by atoms with van der Waals surface area (Å²) in [6.45, 7) is 10.9. The van der Waals surface area contributed by atoms with Gasteiger partial charge in [0, 0.05) is 56.5 Å². The smallest absolute Gasteiger partial charge is 0.416 e. The van der Waals surface area contributed by atoms with Crippen molar-refractivity contribution in [3.05, 3.63) is 89.5 Å². The van der Waals surface area contributed by atoms with E-state index >= 15 is 0 Å². The van der Waals surface area contributed by atoms with E-state index in [9.17, 15) is 43.5 Å². The molecular weight excluding hydrogens is 1060 g/mol. The predicted molar refractivity (Wildman–Crippen MR) is 302 cm³/mol. The summed E-state index contributed by atoms with van der Waals surface area (Å²) in [4.78, 5) is 114. The molecule has 5 heterocycles. The number of aliphatic hydroxyl groups is 1. The fourth-order valence-electron chi connectivity index (χ4n) is 10.4. The van der Waals surface area contributed by atoms with Gasteiger partial charge in [0.05, 0.1) is 73.8 Å². The number of rotatable bonds is 25. The minimum atomic E-state index is -1.52. The van der Waals surface area contributed by atoms with Crippen molar-refractivity contribution < 1.29 is 67.1 Å². The van der Waals surface area contributed by atoms with Gasteiger partial charge in [0.25, 0.3) is 11.8 Å². The third-order valence-corrected chi connectivity index (χ3v) is 15.1. The van der Waals surface area contributed by atoms with Crippen LogP contribution >= 0.6 is 12.6 Å². The number of methoxy groups -OCH3 is 2. The summed E-state index contributed by atoms with van der Waals surface area (Å²) in [6.07, 6.45) is 4.95. The molecule has 0 bridgehead atoms. The molecule has 0 spiro atoms. The number of fused-ring (bicyclic) bond motifs is 4. The number of unbranched alkanes of at least 4 members (excludes halogenated alkanes) is 4. The Kier molecular flexibility index (Phi) is 19.8. The van der Waals surface area contributed by atoms with Gasteiger partial charge in [0.2, 0.25) is 29.5 Å². The quantitative estimate of drug-likeness (QED) is 0.0281. The summed E-state index contributed by atoms with van der Waals surface area (Å²) in [5.41, 5.74) is 3.73. The molecular formula is C58H70N8O14S. The standard InChI is InChI=1S/C58H70N8O14S/c1-6-13-41(62-51(68)30-60-50(67)14-9-7-10-19-63-52(69)28-49(81)57(63)74)53(70)61-37-17-15-36(16-18-37)33-80-58(75)66-43-27-48(46(77-5)25-40(43)55(72)65-32-35(3)23-44(65)56(66)73)79-21-12-8-11-20-78-47-26-42-39(24-45(47)76-4)54(71)64-31-34(2)22-38(64)29-59-42/h15-18,24-27,29,38,41,44,49,56,73,81H,2-3,6-14,19-23,28,30-33H2,1,4-5H3,(H,60,67)(H,61,70)(H,62,68). The first-order valence-corrected chi connectivity index (χ1v) is 27.8. The lowest BCUT2D eigenvalue weighted by molar-refractivity contribution is -0.138. The molecule has 3 aromatic rings. The second-order valence-corrected chi connectivity index (χ2v) is 21.2. The normalized spacial score (nSPS) is 19.5. The van der Waals surface area contributed by atoms with Crippen LogP contribution in [0.2, 0.25) is 0 Å². The molecule has 3 saturated heterocycles. The van der Waals surface area contributed by atoms with Crippen molar-refractivity contribution in [1.29, 1.82) is 0 Å². The highest BCUT2D eigenvalue weighted by Gasteiger charge is 2.46. The topological polar surface area (TPSA) is 264 Å². The summed E-state index contributed by atoms with van der Waals surface area (Å²) in [5.74, 6) is -1.12. The first kappa shape index (κ1) is 59.2. The van der Waals surface area contributed by atoms with Crippen LogP contribution in [0.25, 0.3) is 0 Å².